The molecule has 2 unspecified atom stereocenters. The minimum absolute atomic E-state index is 0.882. The van der Waals surface area contributed by atoms with Gasteiger partial charge in [0.2, 0.25) is 0 Å². The second kappa shape index (κ2) is 10.6. The molecule has 0 bridgehead atoms. The monoisotopic (exact) mass is 422 g/mol. The molecule has 0 N–H and O–H groups in total. The quantitative estimate of drug-likeness (QED) is 0.423. The van der Waals surface area contributed by atoms with Crippen molar-refractivity contribution in [2.45, 2.75) is 135 Å². The van der Waals surface area contributed by atoms with E-state index in [2.05, 4.69) is 18.6 Å². The first-order valence-electron chi connectivity index (χ1n) is 14.8. The first-order chi connectivity index (χ1) is 15.3. The van der Waals surface area contributed by atoms with Gasteiger partial charge in [-0.2, -0.15) is 0 Å². The Hall–Kier alpha value is -0.520. The molecule has 0 heterocycles. The Morgan fingerprint density at radius 1 is 0.516 bits per heavy atom. The first-order valence-corrected chi connectivity index (χ1v) is 14.8. The van der Waals surface area contributed by atoms with E-state index in [9.17, 15) is 0 Å². The Morgan fingerprint density at radius 3 is 1.52 bits per heavy atom. The third kappa shape index (κ3) is 4.89. The molecule has 0 aromatic carbocycles. The average Bonchev–Trinajstić information content (AvgIpc) is 2.85. The van der Waals surface area contributed by atoms with Gasteiger partial charge in [0.25, 0.3) is 0 Å². The maximum atomic E-state index is 2.89. The minimum Gasteiger partial charge on any atom is -0.0773 e. The van der Waals surface area contributed by atoms with E-state index in [1.54, 1.807) is 5.57 Å². The van der Waals surface area contributed by atoms with Gasteiger partial charge in [-0.15, -0.1) is 0 Å². The summed E-state index contributed by atoms with van der Waals surface area (Å²) in [6.45, 7) is 2.56. The van der Waals surface area contributed by atoms with E-state index in [0.29, 0.717) is 0 Å². The molecule has 5 rings (SSSR count). The van der Waals surface area contributed by atoms with Crippen molar-refractivity contribution in [2.75, 3.05) is 0 Å². The van der Waals surface area contributed by atoms with Gasteiger partial charge in [-0.1, -0.05) is 94.3 Å². The van der Waals surface area contributed by atoms with Crippen molar-refractivity contribution in [3.05, 3.63) is 22.8 Å². The lowest BCUT2D eigenvalue weighted by molar-refractivity contribution is 0.143. The summed E-state index contributed by atoms with van der Waals surface area (Å²) in [6.07, 6.45) is 33.0. The largest absolute Gasteiger partial charge is 0.0773 e. The maximum absolute atomic E-state index is 2.89. The molecule has 0 aromatic heterocycles. The van der Waals surface area contributed by atoms with Crippen LogP contribution in [0.15, 0.2) is 22.8 Å². The van der Waals surface area contributed by atoms with Crippen LogP contribution in [-0.2, 0) is 0 Å². The lowest BCUT2D eigenvalue weighted by Crippen LogP contribution is -2.38. The SMILES string of the molecule is CC1=CC(C2CCCCC2)C(C2CCCCC2)C(C2CCCCC2)=C1C1CCCCC1. The highest BCUT2D eigenvalue weighted by molar-refractivity contribution is 5.44. The Kier molecular flexibility index (Phi) is 7.62. The van der Waals surface area contributed by atoms with Crippen LogP contribution < -0.4 is 0 Å². The Bertz CT molecular complexity index is 627. The molecule has 31 heavy (non-hydrogen) atoms. The lowest BCUT2D eigenvalue weighted by Gasteiger charge is -2.48. The van der Waals surface area contributed by atoms with Gasteiger partial charge in [-0.05, 0) is 99.4 Å². The molecule has 5 aliphatic rings. The van der Waals surface area contributed by atoms with Crippen molar-refractivity contribution in [3.8, 4) is 0 Å². The number of hydrogen-bond donors (Lipinski definition) is 0. The van der Waals surface area contributed by atoms with E-state index in [0.717, 1.165) is 35.5 Å². The summed E-state index contributed by atoms with van der Waals surface area (Å²) >= 11 is 0. The zero-order valence-corrected chi connectivity index (χ0v) is 20.7. The topological polar surface area (TPSA) is 0 Å². The lowest BCUT2D eigenvalue weighted by atomic mass is 9.56. The predicted octanol–water partition coefficient (Wildman–Crippen LogP) is 9.80. The molecule has 0 radical (unpaired) electrons. The molecule has 0 aromatic rings. The van der Waals surface area contributed by atoms with E-state index >= 15 is 0 Å². The van der Waals surface area contributed by atoms with E-state index < -0.39 is 0 Å². The van der Waals surface area contributed by atoms with Crippen molar-refractivity contribution in [1.29, 1.82) is 0 Å². The fraction of sp³-hybridized carbons (Fsp3) is 0.871. The zero-order chi connectivity index (χ0) is 21.0. The van der Waals surface area contributed by atoms with Crippen LogP contribution in [-0.4, -0.2) is 0 Å². The smallest absolute Gasteiger partial charge is 0.0100 e. The molecule has 0 nitrogen and oxygen atoms in total. The van der Waals surface area contributed by atoms with E-state index in [1.807, 2.05) is 5.57 Å². The summed E-state index contributed by atoms with van der Waals surface area (Å²) in [6, 6.07) is 0. The summed E-state index contributed by atoms with van der Waals surface area (Å²) in [5.74, 6) is 5.63. The van der Waals surface area contributed by atoms with Crippen molar-refractivity contribution in [2.24, 2.45) is 35.5 Å². The van der Waals surface area contributed by atoms with Crippen LogP contribution >= 0.6 is 0 Å². The molecule has 0 aliphatic heterocycles. The predicted molar refractivity (Wildman–Crippen MR) is 134 cm³/mol. The Morgan fingerprint density at radius 2 is 0.968 bits per heavy atom. The molecule has 2 atom stereocenters. The average molecular weight is 423 g/mol. The first kappa shape index (κ1) is 22.3. The molecule has 0 spiro atoms. The van der Waals surface area contributed by atoms with Gasteiger partial charge in [0.1, 0.15) is 0 Å². The van der Waals surface area contributed by atoms with Crippen molar-refractivity contribution >= 4 is 0 Å². The molecular weight excluding hydrogens is 372 g/mol. The van der Waals surface area contributed by atoms with E-state index in [1.165, 1.54) is 128 Å². The van der Waals surface area contributed by atoms with Crippen molar-refractivity contribution < 1.29 is 0 Å². The number of rotatable bonds is 4. The standard InChI is InChI=1S/C31H50/c1-23-22-28(24-14-6-2-7-15-24)30(26-18-10-4-11-19-26)31(27-20-12-5-13-21-27)29(23)25-16-8-3-9-17-25/h22,24-28,30H,2-21H2,1H3. The van der Waals surface area contributed by atoms with Gasteiger partial charge in [-0.3, -0.25) is 0 Å². The normalized spacial score (nSPS) is 33.5. The zero-order valence-electron chi connectivity index (χ0n) is 20.7. The fourth-order valence-electron chi connectivity index (χ4n) is 8.96. The summed E-state index contributed by atoms with van der Waals surface area (Å²) in [5, 5.41) is 0. The van der Waals surface area contributed by atoms with Crippen LogP contribution in [0, 0.1) is 35.5 Å². The van der Waals surface area contributed by atoms with Gasteiger partial charge in [0, 0.05) is 0 Å². The number of hydrogen-bond acceptors (Lipinski definition) is 0. The van der Waals surface area contributed by atoms with Gasteiger partial charge in [0.15, 0.2) is 0 Å². The second-order valence-electron chi connectivity index (χ2n) is 12.3. The molecule has 4 saturated carbocycles. The molecule has 0 saturated heterocycles. The van der Waals surface area contributed by atoms with Crippen LogP contribution in [0.25, 0.3) is 0 Å². The third-order valence-electron chi connectivity index (χ3n) is 10.4. The van der Waals surface area contributed by atoms with Crippen LogP contribution in [0.4, 0.5) is 0 Å². The maximum Gasteiger partial charge on any atom is -0.0100 e. The van der Waals surface area contributed by atoms with Crippen LogP contribution in [0.3, 0.4) is 0 Å². The molecule has 0 amide bonds. The molecule has 174 valence electrons. The van der Waals surface area contributed by atoms with Gasteiger partial charge in [0.05, 0.1) is 0 Å². The number of allylic oxidation sites excluding steroid dienone is 4. The highest BCUT2D eigenvalue weighted by Gasteiger charge is 2.43. The summed E-state index contributed by atoms with van der Waals surface area (Å²) in [7, 11) is 0. The highest BCUT2D eigenvalue weighted by Crippen LogP contribution is 2.55. The van der Waals surface area contributed by atoms with Gasteiger partial charge in [-0.25, -0.2) is 0 Å². The van der Waals surface area contributed by atoms with Crippen molar-refractivity contribution in [1.82, 2.24) is 0 Å². The molecule has 5 aliphatic carbocycles. The van der Waals surface area contributed by atoms with Crippen LogP contribution in [0.2, 0.25) is 0 Å². The fourth-order valence-corrected chi connectivity index (χ4v) is 8.96. The van der Waals surface area contributed by atoms with Crippen molar-refractivity contribution in [3.63, 3.8) is 0 Å². The van der Waals surface area contributed by atoms with Crippen LogP contribution in [0.5, 0.6) is 0 Å². The summed E-state index contributed by atoms with van der Waals surface area (Å²) in [5.41, 5.74) is 5.80. The Balaban J connectivity index is 1.57. The molecular formula is C31H50. The molecule has 0 heteroatoms. The summed E-state index contributed by atoms with van der Waals surface area (Å²) < 4.78 is 0. The third-order valence-corrected chi connectivity index (χ3v) is 10.4. The Labute approximate surface area is 193 Å². The summed E-state index contributed by atoms with van der Waals surface area (Å²) in [4.78, 5) is 0. The second-order valence-corrected chi connectivity index (χ2v) is 12.3. The van der Waals surface area contributed by atoms with E-state index in [4.69, 9.17) is 0 Å². The van der Waals surface area contributed by atoms with Crippen LogP contribution in [0.1, 0.15) is 135 Å². The van der Waals surface area contributed by atoms with Gasteiger partial charge < -0.3 is 0 Å². The van der Waals surface area contributed by atoms with Gasteiger partial charge >= 0.3 is 0 Å². The molecule has 4 fully saturated rings. The van der Waals surface area contributed by atoms with E-state index in [-0.39, 0.29) is 0 Å². The highest BCUT2D eigenvalue weighted by atomic mass is 14.5. The minimum atomic E-state index is 0.882.